The molecule has 0 aromatic heterocycles. The lowest BCUT2D eigenvalue weighted by Crippen LogP contribution is -2.54. The smallest absolute Gasteiger partial charge is 0.409 e. The van der Waals surface area contributed by atoms with Gasteiger partial charge in [0, 0.05) is 53.0 Å². The Balaban J connectivity index is 0.00000484. The third-order valence-electron chi connectivity index (χ3n) is 3.52. The molecule has 0 atom stereocenters. The van der Waals surface area contributed by atoms with Crippen LogP contribution in [-0.2, 0) is 9.47 Å². The van der Waals surface area contributed by atoms with Crippen LogP contribution in [0.4, 0.5) is 4.79 Å². The Kier molecular flexibility index (Phi) is 13.2. The van der Waals surface area contributed by atoms with Gasteiger partial charge in [-0.1, -0.05) is 0 Å². The standard InChI is InChI=1S/C15H30N4O3.HI/c1-4-21-13-7-6-8-17-14(16-3)18-9-11-19(12-10-18)15(20)22-5-2;/h4-13H2,1-3H3,(H,16,17);1H. The molecular formula is C15H31IN4O3. The fourth-order valence-corrected chi connectivity index (χ4v) is 2.32. The lowest BCUT2D eigenvalue weighted by molar-refractivity contribution is 0.0914. The number of unbranched alkanes of at least 4 members (excludes halogenated alkanes) is 1. The van der Waals surface area contributed by atoms with Crippen molar-refractivity contribution >= 4 is 36.0 Å². The van der Waals surface area contributed by atoms with Gasteiger partial charge in [-0.05, 0) is 26.7 Å². The van der Waals surface area contributed by atoms with Gasteiger partial charge in [-0.3, -0.25) is 4.99 Å². The van der Waals surface area contributed by atoms with E-state index in [1.165, 1.54) is 0 Å². The van der Waals surface area contributed by atoms with Crippen molar-refractivity contribution in [1.29, 1.82) is 0 Å². The number of piperazine rings is 1. The van der Waals surface area contributed by atoms with Crippen molar-refractivity contribution < 1.29 is 14.3 Å². The molecule has 8 heteroatoms. The summed E-state index contributed by atoms with van der Waals surface area (Å²) in [4.78, 5) is 19.9. The van der Waals surface area contributed by atoms with E-state index < -0.39 is 0 Å². The van der Waals surface area contributed by atoms with Crippen molar-refractivity contribution in [2.75, 3.05) is 59.6 Å². The number of ether oxygens (including phenoxy) is 2. The molecule has 1 amide bonds. The van der Waals surface area contributed by atoms with Crippen molar-refractivity contribution in [3.05, 3.63) is 0 Å². The first kappa shape index (κ1) is 22.2. The molecule has 0 spiro atoms. The highest BCUT2D eigenvalue weighted by atomic mass is 127. The molecule has 1 heterocycles. The first-order valence-corrected chi connectivity index (χ1v) is 8.17. The zero-order valence-electron chi connectivity index (χ0n) is 14.5. The molecule has 1 N–H and O–H groups in total. The predicted molar refractivity (Wildman–Crippen MR) is 103 cm³/mol. The number of amides is 1. The minimum absolute atomic E-state index is 0. The van der Waals surface area contributed by atoms with Crippen LogP contribution in [-0.4, -0.2) is 81.4 Å². The number of carbonyl (C=O) groups excluding carboxylic acids is 1. The number of hydrogen-bond donors (Lipinski definition) is 1. The zero-order valence-corrected chi connectivity index (χ0v) is 16.9. The number of aliphatic imine (C=N–C) groups is 1. The highest BCUT2D eigenvalue weighted by molar-refractivity contribution is 14.0. The van der Waals surface area contributed by atoms with E-state index in [1.54, 1.807) is 11.9 Å². The number of hydrogen-bond acceptors (Lipinski definition) is 4. The number of guanidine groups is 1. The molecule has 1 rings (SSSR count). The van der Waals surface area contributed by atoms with Crippen LogP contribution in [0, 0.1) is 0 Å². The van der Waals surface area contributed by atoms with Gasteiger partial charge in [0.25, 0.3) is 0 Å². The highest BCUT2D eigenvalue weighted by Crippen LogP contribution is 2.04. The maximum absolute atomic E-state index is 11.7. The molecule has 0 aliphatic carbocycles. The van der Waals surface area contributed by atoms with Crippen LogP contribution >= 0.6 is 24.0 Å². The molecule has 23 heavy (non-hydrogen) atoms. The molecular weight excluding hydrogens is 411 g/mol. The fourth-order valence-electron chi connectivity index (χ4n) is 2.32. The maximum atomic E-state index is 11.7. The molecule has 1 aliphatic heterocycles. The van der Waals surface area contributed by atoms with E-state index in [9.17, 15) is 4.79 Å². The van der Waals surface area contributed by atoms with Gasteiger partial charge < -0.3 is 24.6 Å². The van der Waals surface area contributed by atoms with Crippen LogP contribution in [0.1, 0.15) is 26.7 Å². The van der Waals surface area contributed by atoms with Crippen LogP contribution in [0.2, 0.25) is 0 Å². The van der Waals surface area contributed by atoms with Crippen molar-refractivity contribution in [3.63, 3.8) is 0 Å². The van der Waals surface area contributed by atoms with E-state index in [-0.39, 0.29) is 30.1 Å². The second kappa shape index (κ2) is 13.6. The molecule has 0 aromatic carbocycles. The van der Waals surface area contributed by atoms with E-state index in [0.717, 1.165) is 51.6 Å². The summed E-state index contributed by atoms with van der Waals surface area (Å²) >= 11 is 0. The van der Waals surface area contributed by atoms with E-state index in [4.69, 9.17) is 9.47 Å². The topological polar surface area (TPSA) is 66.4 Å². The van der Waals surface area contributed by atoms with Gasteiger partial charge in [-0.25, -0.2) is 4.79 Å². The fraction of sp³-hybridized carbons (Fsp3) is 0.867. The monoisotopic (exact) mass is 442 g/mol. The molecule has 1 aliphatic rings. The number of nitrogens with one attached hydrogen (secondary N) is 1. The normalized spacial score (nSPS) is 15.2. The van der Waals surface area contributed by atoms with Gasteiger partial charge in [0.1, 0.15) is 0 Å². The van der Waals surface area contributed by atoms with Gasteiger partial charge in [0.15, 0.2) is 5.96 Å². The quantitative estimate of drug-likeness (QED) is 0.282. The van der Waals surface area contributed by atoms with Gasteiger partial charge in [-0.15, -0.1) is 24.0 Å². The second-order valence-electron chi connectivity index (χ2n) is 5.05. The Bertz CT molecular complexity index is 348. The molecule has 0 aromatic rings. The molecule has 0 radical (unpaired) electrons. The number of carbonyl (C=O) groups is 1. The van der Waals surface area contributed by atoms with Crippen LogP contribution in [0.25, 0.3) is 0 Å². The van der Waals surface area contributed by atoms with Gasteiger partial charge in [-0.2, -0.15) is 0 Å². The molecule has 1 saturated heterocycles. The minimum atomic E-state index is -0.221. The summed E-state index contributed by atoms with van der Waals surface area (Å²) < 4.78 is 10.3. The summed E-state index contributed by atoms with van der Waals surface area (Å²) in [5.74, 6) is 0.903. The lowest BCUT2D eigenvalue weighted by Gasteiger charge is -2.35. The summed E-state index contributed by atoms with van der Waals surface area (Å²) in [6.07, 6.45) is 1.89. The summed E-state index contributed by atoms with van der Waals surface area (Å²) in [5.41, 5.74) is 0. The first-order valence-electron chi connectivity index (χ1n) is 8.17. The van der Waals surface area contributed by atoms with E-state index in [0.29, 0.717) is 19.7 Å². The SMILES string of the molecule is CCOCCCCNC(=NC)N1CCN(C(=O)OCC)CC1.I. The lowest BCUT2D eigenvalue weighted by atomic mass is 10.3. The average molecular weight is 442 g/mol. The van der Waals surface area contributed by atoms with Crippen molar-refractivity contribution in [3.8, 4) is 0 Å². The van der Waals surface area contributed by atoms with E-state index in [2.05, 4.69) is 15.2 Å². The molecule has 0 saturated carbocycles. The van der Waals surface area contributed by atoms with Gasteiger partial charge in [0.05, 0.1) is 6.61 Å². The van der Waals surface area contributed by atoms with Crippen LogP contribution in [0.3, 0.4) is 0 Å². The van der Waals surface area contributed by atoms with Crippen LogP contribution in [0.5, 0.6) is 0 Å². The largest absolute Gasteiger partial charge is 0.450 e. The maximum Gasteiger partial charge on any atom is 0.409 e. The molecule has 1 fully saturated rings. The summed E-state index contributed by atoms with van der Waals surface area (Å²) in [6, 6.07) is 0. The predicted octanol–water partition coefficient (Wildman–Crippen LogP) is 1.77. The van der Waals surface area contributed by atoms with Crippen LogP contribution < -0.4 is 5.32 Å². The third-order valence-corrected chi connectivity index (χ3v) is 3.52. The van der Waals surface area contributed by atoms with E-state index in [1.807, 2.05) is 13.8 Å². The summed E-state index contributed by atoms with van der Waals surface area (Å²) in [5, 5.41) is 3.37. The van der Waals surface area contributed by atoms with Gasteiger partial charge in [0.2, 0.25) is 0 Å². The molecule has 0 bridgehead atoms. The van der Waals surface area contributed by atoms with Gasteiger partial charge >= 0.3 is 6.09 Å². The highest BCUT2D eigenvalue weighted by Gasteiger charge is 2.23. The second-order valence-corrected chi connectivity index (χ2v) is 5.05. The summed E-state index contributed by atoms with van der Waals surface area (Å²) in [7, 11) is 1.79. The van der Waals surface area contributed by atoms with Crippen molar-refractivity contribution in [2.45, 2.75) is 26.7 Å². The molecule has 136 valence electrons. The number of rotatable bonds is 7. The molecule has 7 nitrogen and oxygen atoms in total. The Morgan fingerprint density at radius 2 is 1.74 bits per heavy atom. The van der Waals surface area contributed by atoms with Crippen LogP contribution in [0.15, 0.2) is 4.99 Å². The van der Waals surface area contributed by atoms with E-state index >= 15 is 0 Å². The Hall–Kier alpha value is -0.770. The Labute approximate surface area is 156 Å². The van der Waals surface area contributed by atoms with Crippen molar-refractivity contribution in [2.24, 2.45) is 4.99 Å². The first-order chi connectivity index (χ1) is 10.7. The molecule has 0 unspecified atom stereocenters. The zero-order chi connectivity index (χ0) is 16.2. The summed E-state index contributed by atoms with van der Waals surface area (Å²) in [6.45, 7) is 9.63. The Morgan fingerprint density at radius 1 is 1.09 bits per heavy atom. The minimum Gasteiger partial charge on any atom is -0.450 e. The average Bonchev–Trinajstić information content (AvgIpc) is 2.55. The third kappa shape index (κ3) is 8.59. The Morgan fingerprint density at radius 3 is 2.30 bits per heavy atom. The van der Waals surface area contributed by atoms with Crippen molar-refractivity contribution in [1.82, 2.24) is 15.1 Å². The number of halogens is 1. The number of nitrogens with zero attached hydrogens (tertiary/aromatic N) is 3.